The Morgan fingerprint density at radius 2 is 1.93 bits per heavy atom. The first-order valence-electron chi connectivity index (χ1n) is 8.76. The summed E-state index contributed by atoms with van der Waals surface area (Å²) in [4.78, 5) is 21.0. The number of carbonyl (C=O) groups excluding carboxylic acids is 1. The van der Waals surface area contributed by atoms with E-state index >= 15 is 0 Å². The molecule has 6 nitrogen and oxygen atoms in total. The standard InChI is InChI=1S/C21H20N4O2S/c1-11-6-12(2)8-13(7-11)24-21-25-20(22)19(28-21)18(26)16-10-23-17-5-4-14(27-3)9-15(16)17/h4-10,23H,22H2,1-3H3,(H,24,25). The van der Waals surface area contributed by atoms with Gasteiger partial charge >= 0.3 is 0 Å². The number of fused-ring (bicyclic) bond motifs is 1. The molecule has 0 fully saturated rings. The molecule has 4 N–H and O–H groups in total. The number of rotatable bonds is 5. The Morgan fingerprint density at radius 1 is 1.18 bits per heavy atom. The molecule has 7 heteroatoms. The van der Waals surface area contributed by atoms with Gasteiger partial charge in [0.1, 0.15) is 16.4 Å². The van der Waals surface area contributed by atoms with Crippen molar-refractivity contribution in [2.24, 2.45) is 0 Å². The van der Waals surface area contributed by atoms with Crippen molar-refractivity contribution in [2.75, 3.05) is 18.2 Å². The third-order valence-electron chi connectivity index (χ3n) is 4.47. The van der Waals surface area contributed by atoms with Crippen LogP contribution in [0, 0.1) is 13.8 Å². The summed E-state index contributed by atoms with van der Waals surface area (Å²) < 4.78 is 5.28. The van der Waals surface area contributed by atoms with E-state index in [0.717, 1.165) is 27.7 Å². The van der Waals surface area contributed by atoms with Crippen molar-refractivity contribution in [3.8, 4) is 5.75 Å². The third kappa shape index (κ3) is 3.32. The number of H-pyrrole nitrogens is 1. The maximum absolute atomic E-state index is 13.1. The SMILES string of the molecule is COc1ccc2[nH]cc(C(=O)c3sc(Nc4cc(C)cc(C)c4)nc3N)c2c1. The second-order valence-corrected chi connectivity index (χ2v) is 7.68. The molecule has 0 aliphatic rings. The lowest BCUT2D eigenvalue weighted by molar-refractivity contribution is 0.104. The highest BCUT2D eigenvalue weighted by molar-refractivity contribution is 7.18. The number of ether oxygens (including phenoxy) is 1. The number of methoxy groups -OCH3 is 1. The molecule has 0 bridgehead atoms. The van der Waals surface area contributed by atoms with Crippen molar-refractivity contribution >= 4 is 44.7 Å². The molecular weight excluding hydrogens is 372 g/mol. The monoisotopic (exact) mass is 392 g/mol. The zero-order valence-electron chi connectivity index (χ0n) is 15.8. The van der Waals surface area contributed by atoms with Gasteiger partial charge in [0.15, 0.2) is 5.13 Å². The molecular formula is C21H20N4O2S. The molecule has 0 amide bonds. The zero-order valence-corrected chi connectivity index (χ0v) is 16.6. The highest BCUT2D eigenvalue weighted by Gasteiger charge is 2.21. The summed E-state index contributed by atoms with van der Waals surface area (Å²) in [5.74, 6) is 0.748. The molecule has 2 aromatic heterocycles. The van der Waals surface area contributed by atoms with Crippen molar-refractivity contribution in [2.45, 2.75) is 13.8 Å². The summed E-state index contributed by atoms with van der Waals surface area (Å²) in [7, 11) is 1.60. The van der Waals surface area contributed by atoms with E-state index in [0.29, 0.717) is 21.3 Å². The largest absolute Gasteiger partial charge is 0.497 e. The number of nitrogens with one attached hydrogen (secondary N) is 2. The molecule has 2 heterocycles. The number of nitrogen functional groups attached to an aromatic ring is 1. The summed E-state index contributed by atoms with van der Waals surface area (Å²) in [6.45, 7) is 4.07. The van der Waals surface area contributed by atoms with Crippen LogP contribution in [0.1, 0.15) is 26.4 Å². The molecule has 28 heavy (non-hydrogen) atoms. The predicted octanol–water partition coefficient (Wildman–Crippen LogP) is 4.81. The highest BCUT2D eigenvalue weighted by atomic mass is 32.1. The van der Waals surface area contributed by atoms with Gasteiger partial charge in [-0.05, 0) is 55.3 Å². The molecule has 0 aliphatic carbocycles. The van der Waals surface area contributed by atoms with Crippen LogP contribution in [-0.4, -0.2) is 22.9 Å². The van der Waals surface area contributed by atoms with Crippen LogP contribution in [0.15, 0.2) is 42.6 Å². The molecule has 0 spiro atoms. The number of hydrogen-bond acceptors (Lipinski definition) is 6. The van der Waals surface area contributed by atoms with Crippen LogP contribution in [0.2, 0.25) is 0 Å². The van der Waals surface area contributed by atoms with Gasteiger partial charge in [-0.25, -0.2) is 4.98 Å². The van der Waals surface area contributed by atoms with Crippen LogP contribution in [0.4, 0.5) is 16.6 Å². The Labute approximate surface area is 166 Å². The van der Waals surface area contributed by atoms with Crippen LogP contribution >= 0.6 is 11.3 Å². The molecule has 0 aliphatic heterocycles. The van der Waals surface area contributed by atoms with E-state index < -0.39 is 0 Å². The van der Waals surface area contributed by atoms with Crippen LogP contribution in [0.3, 0.4) is 0 Å². The Bertz CT molecular complexity index is 1170. The topological polar surface area (TPSA) is 93.0 Å². The highest BCUT2D eigenvalue weighted by Crippen LogP contribution is 2.32. The molecule has 0 atom stereocenters. The van der Waals surface area contributed by atoms with E-state index in [-0.39, 0.29) is 11.6 Å². The fourth-order valence-corrected chi connectivity index (χ4v) is 4.11. The summed E-state index contributed by atoms with van der Waals surface area (Å²) in [5.41, 5.74) is 10.7. The van der Waals surface area contributed by atoms with E-state index in [1.54, 1.807) is 13.3 Å². The number of carbonyl (C=O) groups is 1. The number of nitrogens with zero attached hydrogens (tertiary/aromatic N) is 1. The van der Waals surface area contributed by atoms with E-state index in [2.05, 4.69) is 21.4 Å². The van der Waals surface area contributed by atoms with Gasteiger partial charge in [-0.15, -0.1) is 0 Å². The summed E-state index contributed by atoms with van der Waals surface area (Å²) in [5, 5.41) is 4.63. The lowest BCUT2D eigenvalue weighted by Gasteiger charge is -2.05. The van der Waals surface area contributed by atoms with E-state index in [1.807, 2.05) is 44.2 Å². The molecule has 142 valence electrons. The predicted molar refractivity (Wildman–Crippen MR) is 114 cm³/mol. The molecule has 4 rings (SSSR count). The van der Waals surface area contributed by atoms with Gasteiger partial charge in [0.25, 0.3) is 0 Å². The van der Waals surface area contributed by atoms with Gasteiger partial charge in [-0.1, -0.05) is 17.4 Å². The van der Waals surface area contributed by atoms with Crippen LogP contribution < -0.4 is 15.8 Å². The number of aryl methyl sites for hydroxylation is 2. The molecule has 0 saturated heterocycles. The first-order chi connectivity index (χ1) is 13.4. The average molecular weight is 392 g/mol. The second-order valence-electron chi connectivity index (χ2n) is 6.68. The Morgan fingerprint density at radius 3 is 2.64 bits per heavy atom. The van der Waals surface area contributed by atoms with E-state index in [4.69, 9.17) is 10.5 Å². The summed E-state index contributed by atoms with van der Waals surface area (Å²) in [6.07, 6.45) is 1.70. The van der Waals surface area contributed by atoms with E-state index in [9.17, 15) is 4.79 Å². The quantitative estimate of drug-likeness (QED) is 0.424. The Balaban J connectivity index is 1.67. The van der Waals surface area contributed by atoms with Gasteiger partial charge < -0.3 is 20.8 Å². The van der Waals surface area contributed by atoms with E-state index in [1.165, 1.54) is 11.3 Å². The second kappa shape index (κ2) is 7.01. The number of anilines is 3. The van der Waals surface area contributed by atoms with Gasteiger partial charge in [-0.2, -0.15) is 0 Å². The van der Waals surface area contributed by atoms with Crippen LogP contribution in [-0.2, 0) is 0 Å². The minimum absolute atomic E-state index is 0.164. The average Bonchev–Trinajstić information content (AvgIpc) is 3.23. The molecule has 0 saturated carbocycles. The maximum atomic E-state index is 13.1. The number of nitrogens with two attached hydrogens (primary N) is 1. The number of hydrogen-bond donors (Lipinski definition) is 3. The van der Waals surface area contributed by atoms with Gasteiger partial charge in [0.2, 0.25) is 5.78 Å². The van der Waals surface area contributed by atoms with Crippen molar-refractivity contribution in [3.63, 3.8) is 0 Å². The first kappa shape index (κ1) is 18.1. The smallest absolute Gasteiger partial charge is 0.208 e. The Hall–Kier alpha value is -3.32. The first-order valence-corrected chi connectivity index (χ1v) is 9.57. The maximum Gasteiger partial charge on any atom is 0.208 e. The lowest BCUT2D eigenvalue weighted by atomic mass is 10.1. The number of ketones is 1. The van der Waals surface area contributed by atoms with Gasteiger partial charge in [-0.3, -0.25) is 4.79 Å². The number of aromatic amines is 1. The van der Waals surface area contributed by atoms with Crippen molar-refractivity contribution in [3.05, 3.63) is 64.2 Å². The minimum Gasteiger partial charge on any atom is -0.497 e. The fraction of sp³-hybridized carbons (Fsp3) is 0.143. The molecule has 4 aromatic rings. The van der Waals surface area contributed by atoms with Crippen molar-refractivity contribution in [1.29, 1.82) is 0 Å². The number of benzene rings is 2. The van der Waals surface area contributed by atoms with Crippen LogP contribution in [0.5, 0.6) is 5.75 Å². The molecule has 0 unspecified atom stereocenters. The minimum atomic E-state index is -0.164. The number of thiazole rings is 1. The zero-order chi connectivity index (χ0) is 19.8. The number of aromatic nitrogens is 2. The van der Waals surface area contributed by atoms with Crippen LogP contribution in [0.25, 0.3) is 10.9 Å². The molecule has 0 radical (unpaired) electrons. The molecule has 2 aromatic carbocycles. The lowest BCUT2D eigenvalue weighted by Crippen LogP contribution is -2.01. The normalized spacial score (nSPS) is 11.0. The van der Waals surface area contributed by atoms with Crippen molar-refractivity contribution in [1.82, 2.24) is 9.97 Å². The van der Waals surface area contributed by atoms with Gasteiger partial charge in [0.05, 0.1) is 7.11 Å². The third-order valence-corrected chi connectivity index (χ3v) is 5.45. The van der Waals surface area contributed by atoms with Gasteiger partial charge in [0, 0.05) is 28.4 Å². The fourth-order valence-electron chi connectivity index (χ4n) is 3.26. The summed E-state index contributed by atoms with van der Waals surface area (Å²) >= 11 is 1.25. The van der Waals surface area contributed by atoms with Crippen molar-refractivity contribution < 1.29 is 9.53 Å². The Kier molecular flexibility index (Phi) is 4.52. The summed E-state index contributed by atoms with van der Waals surface area (Å²) in [6, 6.07) is 11.7.